The first-order valence-electron chi connectivity index (χ1n) is 11.3. The number of Topliss-reactive ketones (excluding diaryl/α,β-unsaturated/α-hetero) is 1. The van der Waals surface area contributed by atoms with Crippen molar-refractivity contribution in [1.29, 1.82) is 0 Å². The Morgan fingerprint density at radius 1 is 1.12 bits per heavy atom. The number of carbonyl (C=O) groups excluding carboxylic acids is 3. The molecular weight excluding hydrogens is 434 g/mol. The van der Waals surface area contributed by atoms with Crippen LogP contribution in [0.25, 0.3) is 0 Å². The van der Waals surface area contributed by atoms with E-state index in [1.54, 1.807) is 18.3 Å². The monoisotopic (exact) mass is 461 g/mol. The molecule has 0 bridgehead atoms. The topological polar surface area (TPSA) is 71.4 Å². The average molecular weight is 462 g/mol. The second-order valence-electron chi connectivity index (χ2n) is 9.16. The molecule has 0 radical (unpaired) electrons. The van der Waals surface area contributed by atoms with Crippen LogP contribution < -0.4 is 5.32 Å². The Labute approximate surface area is 197 Å². The van der Waals surface area contributed by atoms with E-state index in [0.29, 0.717) is 12.1 Å². The molecule has 5 rings (SSSR count). The lowest BCUT2D eigenvalue weighted by atomic mass is 9.89. The molecule has 1 atom stereocenters. The smallest absolute Gasteiger partial charge is 0.325 e. The van der Waals surface area contributed by atoms with E-state index in [-0.39, 0.29) is 18.2 Å². The predicted molar refractivity (Wildman–Crippen MR) is 128 cm³/mol. The van der Waals surface area contributed by atoms with Crippen LogP contribution in [0.3, 0.4) is 0 Å². The first-order chi connectivity index (χ1) is 15.8. The number of nitrogens with one attached hydrogen (secondary N) is 1. The maximum atomic E-state index is 13.4. The van der Waals surface area contributed by atoms with E-state index in [1.165, 1.54) is 16.0 Å². The van der Waals surface area contributed by atoms with Crippen molar-refractivity contribution in [3.8, 4) is 0 Å². The van der Waals surface area contributed by atoms with Crippen LogP contribution in [0.4, 0.5) is 4.79 Å². The molecule has 1 aliphatic carbocycles. The lowest BCUT2D eigenvalue weighted by molar-refractivity contribution is -0.130. The van der Waals surface area contributed by atoms with Crippen molar-refractivity contribution < 1.29 is 14.4 Å². The summed E-state index contributed by atoms with van der Waals surface area (Å²) in [6.45, 7) is 6.03. The number of amides is 3. The van der Waals surface area contributed by atoms with Gasteiger partial charge in [0.05, 0.1) is 13.1 Å². The van der Waals surface area contributed by atoms with E-state index < -0.39 is 11.6 Å². The van der Waals surface area contributed by atoms with E-state index >= 15 is 0 Å². The second kappa shape index (κ2) is 7.99. The lowest BCUT2D eigenvalue weighted by Crippen LogP contribution is -2.41. The molecule has 0 saturated carbocycles. The van der Waals surface area contributed by atoms with Gasteiger partial charge in [-0.25, -0.2) is 4.79 Å². The summed E-state index contributed by atoms with van der Waals surface area (Å²) in [5.74, 6) is -0.617. The maximum absolute atomic E-state index is 13.4. The number of urea groups is 1. The molecule has 7 heteroatoms. The van der Waals surface area contributed by atoms with E-state index in [1.807, 2.05) is 43.5 Å². The van der Waals surface area contributed by atoms with Gasteiger partial charge in [-0.3, -0.25) is 14.5 Å². The van der Waals surface area contributed by atoms with Crippen LogP contribution in [0, 0.1) is 13.8 Å². The van der Waals surface area contributed by atoms with Gasteiger partial charge in [0.2, 0.25) is 0 Å². The third-order valence-electron chi connectivity index (χ3n) is 7.02. The van der Waals surface area contributed by atoms with Gasteiger partial charge in [-0.1, -0.05) is 24.3 Å². The van der Waals surface area contributed by atoms with Crippen molar-refractivity contribution in [1.82, 2.24) is 14.8 Å². The molecule has 1 aliphatic heterocycles. The molecule has 3 heterocycles. The predicted octanol–water partition coefficient (Wildman–Crippen LogP) is 4.35. The number of thiophene rings is 1. The van der Waals surface area contributed by atoms with Crippen LogP contribution >= 0.6 is 11.3 Å². The summed E-state index contributed by atoms with van der Waals surface area (Å²) in [5, 5.41) is 4.87. The highest BCUT2D eigenvalue weighted by Gasteiger charge is 2.49. The van der Waals surface area contributed by atoms with Gasteiger partial charge in [0.25, 0.3) is 5.91 Å². The Hall–Kier alpha value is -3.19. The average Bonchev–Trinajstić information content (AvgIpc) is 3.56. The van der Waals surface area contributed by atoms with Crippen molar-refractivity contribution in [2.75, 3.05) is 6.54 Å². The first-order valence-corrected chi connectivity index (χ1v) is 12.1. The molecule has 1 saturated heterocycles. The molecule has 170 valence electrons. The lowest BCUT2D eigenvalue weighted by Gasteiger charge is -2.23. The Morgan fingerprint density at radius 3 is 2.67 bits per heavy atom. The number of hydrogen-bond acceptors (Lipinski definition) is 4. The number of rotatable bonds is 6. The van der Waals surface area contributed by atoms with Crippen LogP contribution in [0.1, 0.15) is 56.7 Å². The largest absolute Gasteiger partial charge is 0.343 e. The van der Waals surface area contributed by atoms with Crippen LogP contribution in [0.5, 0.6) is 0 Å². The number of benzene rings is 1. The van der Waals surface area contributed by atoms with Crippen LogP contribution in [0.2, 0.25) is 0 Å². The Morgan fingerprint density at radius 2 is 1.91 bits per heavy atom. The normalized spacial score (nSPS) is 19.8. The zero-order valence-corrected chi connectivity index (χ0v) is 19.9. The fourth-order valence-electron chi connectivity index (χ4n) is 5.03. The molecule has 2 aromatic heterocycles. The van der Waals surface area contributed by atoms with Crippen LogP contribution in [0.15, 0.2) is 41.8 Å². The first kappa shape index (κ1) is 21.6. The summed E-state index contributed by atoms with van der Waals surface area (Å²) in [5.41, 5.74) is 4.53. The van der Waals surface area contributed by atoms with Gasteiger partial charge in [0, 0.05) is 21.8 Å². The van der Waals surface area contributed by atoms with Gasteiger partial charge < -0.3 is 9.88 Å². The number of aryl methyl sites for hydroxylation is 3. The van der Waals surface area contributed by atoms with Gasteiger partial charge in [-0.05, 0) is 74.2 Å². The quantitative estimate of drug-likeness (QED) is 0.438. The van der Waals surface area contributed by atoms with Crippen molar-refractivity contribution in [2.24, 2.45) is 0 Å². The number of imide groups is 1. The third kappa shape index (κ3) is 3.60. The summed E-state index contributed by atoms with van der Waals surface area (Å²) in [6, 6.07) is 11.4. The summed E-state index contributed by atoms with van der Waals surface area (Å²) < 4.78 is 2.10. The third-order valence-corrected chi connectivity index (χ3v) is 7.88. The van der Waals surface area contributed by atoms with E-state index in [4.69, 9.17) is 0 Å². The number of nitrogens with zero attached hydrogens (tertiary/aromatic N) is 2. The number of ketones is 1. The molecule has 1 fully saturated rings. The fraction of sp³-hybridized carbons (Fsp3) is 0.346. The fourth-order valence-corrected chi connectivity index (χ4v) is 5.73. The molecule has 0 unspecified atom stereocenters. The SMILES string of the molecule is Cc1cc(C(=O)CN2C(=O)N[C@@](C)(c3ccc4c(c3)CCC4)C2=O)c(C)n1Cc1cccs1. The number of aromatic nitrogens is 1. The Kier molecular flexibility index (Phi) is 5.24. The molecule has 6 nitrogen and oxygen atoms in total. The van der Waals surface area contributed by atoms with Crippen LogP contribution in [-0.2, 0) is 29.7 Å². The Bertz CT molecular complexity index is 1270. The zero-order chi connectivity index (χ0) is 23.3. The minimum atomic E-state index is -1.16. The summed E-state index contributed by atoms with van der Waals surface area (Å²) in [7, 11) is 0. The van der Waals surface area contributed by atoms with Crippen molar-refractivity contribution in [3.05, 3.63) is 80.3 Å². The molecule has 2 aliphatic rings. The van der Waals surface area contributed by atoms with Crippen molar-refractivity contribution in [2.45, 2.75) is 52.1 Å². The molecule has 0 spiro atoms. The standard InChI is InChI=1S/C26H27N3O3S/c1-16-12-22(17(2)28(16)14-21-8-5-11-33-21)23(30)15-29-24(31)26(3,27-25(29)32)20-10-9-18-6-4-7-19(18)13-20/h5,8-13H,4,6-7,14-15H2,1-3H3,(H,27,32)/t26-/m0/s1. The molecule has 3 aromatic rings. The summed E-state index contributed by atoms with van der Waals surface area (Å²) >= 11 is 1.67. The molecule has 33 heavy (non-hydrogen) atoms. The zero-order valence-electron chi connectivity index (χ0n) is 19.1. The van der Waals surface area contributed by atoms with Gasteiger partial charge in [0.15, 0.2) is 5.78 Å². The minimum absolute atomic E-state index is 0.234. The van der Waals surface area contributed by atoms with Crippen molar-refractivity contribution in [3.63, 3.8) is 0 Å². The number of fused-ring (bicyclic) bond motifs is 1. The molecular formula is C26H27N3O3S. The van der Waals surface area contributed by atoms with Gasteiger partial charge >= 0.3 is 6.03 Å². The second-order valence-corrected chi connectivity index (χ2v) is 10.2. The van der Waals surface area contributed by atoms with Crippen molar-refractivity contribution >= 4 is 29.1 Å². The van der Waals surface area contributed by atoms with E-state index in [0.717, 1.165) is 41.1 Å². The number of carbonyl (C=O) groups is 3. The molecule has 3 amide bonds. The highest BCUT2D eigenvalue weighted by atomic mass is 32.1. The van der Waals surface area contributed by atoms with E-state index in [2.05, 4.69) is 22.0 Å². The van der Waals surface area contributed by atoms with Gasteiger partial charge in [-0.2, -0.15) is 0 Å². The van der Waals surface area contributed by atoms with Gasteiger partial charge in [0.1, 0.15) is 5.54 Å². The van der Waals surface area contributed by atoms with Crippen LogP contribution in [-0.4, -0.2) is 33.7 Å². The Balaban J connectivity index is 1.37. The number of hydrogen-bond donors (Lipinski definition) is 1. The minimum Gasteiger partial charge on any atom is -0.343 e. The molecule has 1 N–H and O–H groups in total. The summed E-state index contributed by atoms with van der Waals surface area (Å²) in [6.07, 6.45) is 3.16. The highest BCUT2D eigenvalue weighted by molar-refractivity contribution is 7.09. The molecule has 1 aromatic carbocycles. The maximum Gasteiger partial charge on any atom is 0.325 e. The van der Waals surface area contributed by atoms with E-state index in [9.17, 15) is 14.4 Å². The van der Waals surface area contributed by atoms with Gasteiger partial charge in [-0.15, -0.1) is 11.3 Å². The summed E-state index contributed by atoms with van der Waals surface area (Å²) in [4.78, 5) is 41.6. The highest BCUT2D eigenvalue weighted by Crippen LogP contribution is 2.33.